The van der Waals surface area contributed by atoms with Gasteiger partial charge in [0.25, 0.3) is 11.5 Å². The van der Waals surface area contributed by atoms with E-state index in [-0.39, 0.29) is 54.0 Å². The number of benzene rings is 1. The van der Waals surface area contributed by atoms with Gasteiger partial charge in [-0.25, -0.2) is 14.8 Å². The molecule has 0 aliphatic rings. The molecule has 15 heteroatoms. The number of fused-ring (bicyclic) bond motifs is 1. The summed E-state index contributed by atoms with van der Waals surface area (Å²) in [4.78, 5) is 70.9. The van der Waals surface area contributed by atoms with Gasteiger partial charge in [-0.1, -0.05) is 6.58 Å². The number of aromatic amines is 1. The molecule has 8 N–H and O–H groups in total. The fourth-order valence-corrected chi connectivity index (χ4v) is 3.10. The maximum Gasteiger partial charge on any atom is 0.326 e. The Morgan fingerprint density at radius 1 is 1.10 bits per heavy atom. The first-order valence-electron chi connectivity index (χ1n) is 11.9. The van der Waals surface area contributed by atoms with Gasteiger partial charge < -0.3 is 31.9 Å². The SMILES string of the molecule is C=CC(=O)NC(C)C.Nc1nc2ncc(CNc3ccc(C(=O)NC(CCC(=O)O)C(=O)O)cc3)nc2c(=O)[nH]1. The zero-order valence-electron chi connectivity index (χ0n) is 21.8. The maximum atomic E-state index is 12.3. The normalized spacial score (nSPS) is 11.1. The highest BCUT2D eigenvalue weighted by atomic mass is 16.4. The molecule has 15 nitrogen and oxygen atoms in total. The minimum absolute atomic E-state index is 0.0524. The van der Waals surface area contributed by atoms with Crippen molar-refractivity contribution >= 4 is 46.6 Å². The molecule has 1 atom stereocenters. The summed E-state index contributed by atoms with van der Waals surface area (Å²) < 4.78 is 0. The van der Waals surface area contributed by atoms with Crippen molar-refractivity contribution in [1.29, 1.82) is 0 Å². The summed E-state index contributed by atoms with van der Waals surface area (Å²) in [6, 6.07) is 5.07. The van der Waals surface area contributed by atoms with Gasteiger partial charge in [0.05, 0.1) is 18.4 Å². The molecule has 2 aromatic heterocycles. The largest absolute Gasteiger partial charge is 0.481 e. The molecule has 2 heterocycles. The molecule has 212 valence electrons. The van der Waals surface area contributed by atoms with Crippen molar-refractivity contribution in [1.82, 2.24) is 30.6 Å². The molecule has 40 heavy (non-hydrogen) atoms. The van der Waals surface area contributed by atoms with Crippen LogP contribution >= 0.6 is 0 Å². The van der Waals surface area contributed by atoms with Crippen LogP contribution in [0.15, 0.2) is 47.9 Å². The Morgan fingerprint density at radius 2 is 1.77 bits per heavy atom. The van der Waals surface area contributed by atoms with E-state index in [2.05, 4.69) is 42.5 Å². The third-order valence-electron chi connectivity index (χ3n) is 4.97. The standard InChI is InChI=1S/C19H19N7O6.C6H11NO/c20-19-25-15-14(17(30)26-19)23-11(8-22-15)7-21-10-3-1-9(2-4-10)16(29)24-12(18(31)32)5-6-13(27)28;1-4-6(8)7-5(2)3/h1-4,8,12,21H,5-7H2,(H,24,29)(H,27,28)(H,31,32)(H3,20,22,25,26,30);4-5H,1H2,2-3H3,(H,7,8). The highest BCUT2D eigenvalue weighted by molar-refractivity contribution is 5.97. The second-order valence-electron chi connectivity index (χ2n) is 8.58. The lowest BCUT2D eigenvalue weighted by atomic mass is 10.1. The number of nitrogens with one attached hydrogen (secondary N) is 4. The molecular formula is C25H30N8O7. The van der Waals surface area contributed by atoms with E-state index in [1.807, 2.05) is 13.8 Å². The molecule has 0 saturated heterocycles. The van der Waals surface area contributed by atoms with Crippen molar-refractivity contribution in [3.63, 3.8) is 0 Å². The number of nitrogens with two attached hydrogens (primary N) is 1. The molecule has 0 saturated carbocycles. The fraction of sp³-hybridized carbons (Fsp3) is 0.280. The van der Waals surface area contributed by atoms with Crippen LogP contribution < -0.4 is 27.2 Å². The van der Waals surface area contributed by atoms with Gasteiger partial charge in [-0.05, 0) is 50.6 Å². The summed E-state index contributed by atoms with van der Waals surface area (Å²) in [5.74, 6) is -3.27. The Kier molecular flexibility index (Phi) is 11.2. The van der Waals surface area contributed by atoms with Gasteiger partial charge in [-0.15, -0.1) is 0 Å². The van der Waals surface area contributed by atoms with Crippen molar-refractivity contribution in [2.75, 3.05) is 11.1 Å². The maximum absolute atomic E-state index is 12.3. The first kappa shape index (κ1) is 30.9. The monoisotopic (exact) mass is 554 g/mol. The van der Waals surface area contributed by atoms with Crippen LogP contribution in [0.5, 0.6) is 0 Å². The summed E-state index contributed by atoms with van der Waals surface area (Å²) in [6.07, 6.45) is 2.10. The Morgan fingerprint density at radius 3 is 2.33 bits per heavy atom. The number of nitrogens with zero attached hydrogens (tertiary/aromatic N) is 3. The predicted molar refractivity (Wildman–Crippen MR) is 145 cm³/mol. The number of rotatable bonds is 11. The molecule has 3 aromatic rings. The summed E-state index contributed by atoms with van der Waals surface area (Å²) in [5.41, 5.74) is 6.47. The number of nitrogen functional groups attached to an aromatic ring is 1. The molecule has 0 spiro atoms. The number of aliphatic carboxylic acids is 2. The lowest BCUT2D eigenvalue weighted by molar-refractivity contribution is -0.140. The Hall–Kier alpha value is -5.34. The van der Waals surface area contributed by atoms with E-state index < -0.39 is 29.4 Å². The van der Waals surface area contributed by atoms with E-state index >= 15 is 0 Å². The molecule has 0 radical (unpaired) electrons. The van der Waals surface area contributed by atoms with Gasteiger partial charge in [0.2, 0.25) is 11.9 Å². The van der Waals surface area contributed by atoms with Crippen molar-refractivity contribution < 1.29 is 29.4 Å². The van der Waals surface area contributed by atoms with Gasteiger partial charge in [0.1, 0.15) is 6.04 Å². The molecule has 0 aliphatic heterocycles. The number of anilines is 2. The number of carbonyl (C=O) groups is 4. The summed E-state index contributed by atoms with van der Waals surface area (Å²) in [7, 11) is 0. The topological polar surface area (TPSA) is 242 Å². The third kappa shape index (κ3) is 9.85. The van der Waals surface area contributed by atoms with E-state index in [9.17, 15) is 24.0 Å². The van der Waals surface area contributed by atoms with Crippen LogP contribution in [0.1, 0.15) is 42.7 Å². The quantitative estimate of drug-likeness (QED) is 0.162. The molecule has 0 fully saturated rings. The number of carboxylic acids is 2. The lowest BCUT2D eigenvalue weighted by Gasteiger charge is -2.14. The Labute approximate surface area is 227 Å². The van der Waals surface area contributed by atoms with E-state index in [0.717, 1.165) is 0 Å². The second kappa shape index (κ2) is 14.6. The van der Waals surface area contributed by atoms with Gasteiger partial charge in [0, 0.05) is 23.7 Å². The zero-order valence-corrected chi connectivity index (χ0v) is 21.8. The van der Waals surface area contributed by atoms with Crippen molar-refractivity contribution in [2.24, 2.45) is 0 Å². The summed E-state index contributed by atoms with van der Waals surface area (Å²) >= 11 is 0. The average molecular weight is 555 g/mol. The number of amides is 2. The van der Waals surface area contributed by atoms with Crippen molar-refractivity contribution in [3.8, 4) is 0 Å². The molecule has 0 aliphatic carbocycles. The number of H-pyrrole nitrogens is 1. The lowest BCUT2D eigenvalue weighted by Crippen LogP contribution is -2.41. The highest BCUT2D eigenvalue weighted by Crippen LogP contribution is 2.12. The van der Waals surface area contributed by atoms with Crippen molar-refractivity contribution in [3.05, 3.63) is 64.7 Å². The number of hydrogen-bond donors (Lipinski definition) is 7. The van der Waals surface area contributed by atoms with E-state index in [1.54, 1.807) is 12.1 Å². The minimum atomic E-state index is -1.31. The van der Waals surface area contributed by atoms with Crippen LogP contribution in [0.4, 0.5) is 11.6 Å². The minimum Gasteiger partial charge on any atom is -0.481 e. The Balaban J connectivity index is 0.000000611. The summed E-state index contributed by atoms with van der Waals surface area (Å²) in [6.45, 7) is 7.34. The number of carbonyl (C=O) groups excluding carboxylic acids is 2. The van der Waals surface area contributed by atoms with Crippen LogP contribution in [0.25, 0.3) is 11.2 Å². The molecule has 2 amide bonds. The van der Waals surface area contributed by atoms with Crippen LogP contribution in [0, 0.1) is 0 Å². The molecular weight excluding hydrogens is 524 g/mol. The number of carboxylic acid groups (broad SMARTS) is 2. The van der Waals surface area contributed by atoms with Gasteiger partial charge >= 0.3 is 11.9 Å². The smallest absolute Gasteiger partial charge is 0.326 e. The second-order valence-corrected chi connectivity index (χ2v) is 8.58. The molecule has 1 aromatic carbocycles. The Bertz CT molecular complexity index is 1440. The number of hydrogen-bond acceptors (Lipinski definition) is 10. The van der Waals surface area contributed by atoms with Crippen LogP contribution in [0.3, 0.4) is 0 Å². The fourth-order valence-electron chi connectivity index (χ4n) is 3.10. The molecule has 0 bridgehead atoms. The van der Waals surface area contributed by atoms with Crippen LogP contribution in [-0.4, -0.2) is 66.0 Å². The van der Waals surface area contributed by atoms with Gasteiger partial charge in [0.15, 0.2) is 11.2 Å². The number of aromatic nitrogens is 4. The molecule has 1 unspecified atom stereocenters. The molecule has 3 rings (SSSR count). The van der Waals surface area contributed by atoms with E-state index in [1.165, 1.54) is 24.4 Å². The summed E-state index contributed by atoms with van der Waals surface area (Å²) in [5, 5.41) is 25.8. The first-order valence-corrected chi connectivity index (χ1v) is 11.9. The third-order valence-corrected chi connectivity index (χ3v) is 4.97. The van der Waals surface area contributed by atoms with Gasteiger partial charge in [-0.2, -0.15) is 4.98 Å². The van der Waals surface area contributed by atoms with Crippen LogP contribution in [0.2, 0.25) is 0 Å². The average Bonchev–Trinajstić information content (AvgIpc) is 2.89. The highest BCUT2D eigenvalue weighted by Gasteiger charge is 2.21. The first-order chi connectivity index (χ1) is 18.9. The van der Waals surface area contributed by atoms with E-state index in [0.29, 0.717) is 11.4 Å². The van der Waals surface area contributed by atoms with Gasteiger partial charge in [-0.3, -0.25) is 24.2 Å². The van der Waals surface area contributed by atoms with E-state index in [4.69, 9.17) is 15.9 Å². The van der Waals surface area contributed by atoms with Crippen LogP contribution in [-0.2, 0) is 20.9 Å². The zero-order chi connectivity index (χ0) is 29.8. The van der Waals surface area contributed by atoms with Crippen molar-refractivity contribution in [2.45, 2.75) is 45.3 Å². The predicted octanol–water partition coefficient (Wildman–Crippen LogP) is 0.652.